The maximum Gasteiger partial charge on any atom is 0.124 e. The van der Waals surface area contributed by atoms with Crippen LogP contribution in [0.4, 0.5) is 4.39 Å². The molecule has 100 valence electrons. The fraction of sp³-hybridized carbons (Fsp3) is 0.600. The molecule has 3 heteroatoms. The van der Waals surface area contributed by atoms with E-state index in [1.165, 1.54) is 18.6 Å². The average Bonchev–Trinajstić information content (AvgIpc) is 2.52. The summed E-state index contributed by atoms with van der Waals surface area (Å²) in [7, 11) is 1.61. The second-order valence-electron chi connectivity index (χ2n) is 5.54. The summed E-state index contributed by atoms with van der Waals surface area (Å²) >= 11 is 0. The van der Waals surface area contributed by atoms with Crippen LogP contribution in [0.5, 0.6) is 5.75 Å². The van der Waals surface area contributed by atoms with E-state index >= 15 is 0 Å². The molecule has 1 aromatic carbocycles. The van der Waals surface area contributed by atoms with Crippen LogP contribution in [0, 0.1) is 11.7 Å². The molecule has 2 N–H and O–H groups in total. The molecule has 1 aromatic rings. The highest BCUT2D eigenvalue weighted by atomic mass is 19.1. The van der Waals surface area contributed by atoms with Crippen molar-refractivity contribution in [1.29, 1.82) is 0 Å². The Hall–Kier alpha value is -1.09. The minimum Gasteiger partial charge on any atom is -0.496 e. The van der Waals surface area contributed by atoms with Gasteiger partial charge in [-0.25, -0.2) is 4.39 Å². The van der Waals surface area contributed by atoms with Gasteiger partial charge < -0.3 is 10.5 Å². The van der Waals surface area contributed by atoms with Gasteiger partial charge in [0.1, 0.15) is 11.6 Å². The fourth-order valence-electron chi connectivity index (χ4n) is 2.88. The summed E-state index contributed by atoms with van der Waals surface area (Å²) in [5.41, 5.74) is 6.91. The van der Waals surface area contributed by atoms with Gasteiger partial charge in [-0.05, 0) is 43.4 Å². The monoisotopic (exact) mass is 251 g/mol. The molecule has 0 amide bonds. The van der Waals surface area contributed by atoms with Crippen molar-refractivity contribution < 1.29 is 9.13 Å². The largest absolute Gasteiger partial charge is 0.496 e. The Bertz CT molecular complexity index is 421. The van der Waals surface area contributed by atoms with Gasteiger partial charge in [0.05, 0.1) is 7.11 Å². The van der Waals surface area contributed by atoms with Crippen LogP contribution in [0.3, 0.4) is 0 Å². The zero-order chi connectivity index (χ0) is 13.2. The third kappa shape index (κ3) is 2.66. The molecular formula is C15H22FNO. The Kier molecular flexibility index (Phi) is 3.91. The summed E-state index contributed by atoms with van der Waals surface area (Å²) in [6.07, 6.45) is 5.19. The predicted octanol–water partition coefficient (Wildman–Crippen LogP) is 3.59. The zero-order valence-corrected chi connectivity index (χ0v) is 11.2. The fourth-order valence-corrected chi connectivity index (χ4v) is 2.88. The first-order valence-electron chi connectivity index (χ1n) is 6.68. The summed E-state index contributed by atoms with van der Waals surface area (Å²) < 4.78 is 18.8. The van der Waals surface area contributed by atoms with E-state index < -0.39 is 5.54 Å². The Labute approximate surface area is 108 Å². The molecule has 1 fully saturated rings. The molecule has 0 aliphatic heterocycles. The molecule has 2 unspecified atom stereocenters. The number of halogens is 1. The predicted molar refractivity (Wildman–Crippen MR) is 71.1 cm³/mol. The number of benzene rings is 1. The Balaban J connectivity index is 2.36. The van der Waals surface area contributed by atoms with E-state index in [9.17, 15) is 4.39 Å². The van der Waals surface area contributed by atoms with Crippen molar-refractivity contribution in [1.82, 2.24) is 0 Å². The molecule has 0 spiro atoms. The zero-order valence-electron chi connectivity index (χ0n) is 11.2. The molecule has 1 aliphatic carbocycles. The van der Waals surface area contributed by atoms with Gasteiger partial charge in [0, 0.05) is 11.1 Å². The first kappa shape index (κ1) is 13.3. The van der Waals surface area contributed by atoms with E-state index in [0.717, 1.165) is 31.2 Å². The highest BCUT2D eigenvalue weighted by Gasteiger charge is 2.32. The molecule has 0 saturated heterocycles. The van der Waals surface area contributed by atoms with Gasteiger partial charge in [-0.15, -0.1) is 0 Å². The lowest BCUT2D eigenvalue weighted by Crippen LogP contribution is -2.36. The van der Waals surface area contributed by atoms with Gasteiger partial charge >= 0.3 is 0 Å². The van der Waals surface area contributed by atoms with Gasteiger partial charge in [0.25, 0.3) is 0 Å². The van der Waals surface area contributed by atoms with Crippen molar-refractivity contribution in [3.8, 4) is 5.75 Å². The molecule has 2 rings (SSSR count). The van der Waals surface area contributed by atoms with Crippen molar-refractivity contribution in [3.63, 3.8) is 0 Å². The summed E-state index contributed by atoms with van der Waals surface area (Å²) in [5, 5.41) is 0. The van der Waals surface area contributed by atoms with Crippen molar-refractivity contribution >= 4 is 0 Å². The number of hydrogen-bond donors (Lipinski definition) is 1. The molecule has 0 bridgehead atoms. The standard InChI is InChI=1S/C15H22FNO/c1-11-4-3-8-15(17,9-7-11)13-10-12(16)5-6-14(13)18-2/h5-6,10-11H,3-4,7-9,17H2,1-2H3. The highest BCUT2D eigenvalue weighted by Crippen LogP contribution is 2.39. The van der Waals surface area contributed by atoms with Crippen LogP contribution < -0.4 is 10.5 Å². The third-order valence-electron chi connectivity index (χ3n) is 4.10. The molecule has 0 aromatic heterocycles. The van der Waals surface area contributed by atoms with Crippen LogP contribution in [0.2, 0.25) is 0 Å². The summed E-state index contributed by atoms with van der Waals surface area (Å²) in [6, 6.07) is 4.63. The maximum absolute atomic E-state index is 13.5. The SMILES string of the molecule is COc1ccc(F)cc1C1(N)CCCC(C)CC1. The van der Waals surface area contributed by atoms with E-state index in [0.29, 0.717) is 11.7 Å². The van der Waals surface area contributed by atoms with Gasteiger partial charge in [-0.1, -0.05) is 19.8 Å². The molecule has 1 aliphatic rings. The maximum atomic E-state index is 13.5. The van der Waals surface area contributed by atoms with Crippen LogP contribution >= 0.6 is 0 Å². The van der Waals surface area contributed by atoms with Gasteiger partial charge in [-0.2, -0.15) is 0 Å². The van der Waals surface area contributed by atoms with E-state index in [4.69, 9.17) is 10.5 Å². The number of methoxy groups -OCH3 is 1. The lowest BCUT2D eigenvalue weighted by atomic mass is 9.83. The Morgan fingerprint density at radius 2 is 2.11 bits per heavy atom. The minimum atomic E-state index is -0.446. The second kappa shape index (κ2) is 5.27. The second-order valence-corrected chi connectivity index (χ2v) is 5.54. The van der Waals surface area contributed by atoms with Crippen molar-refractivity contribution in [2.75, 3.05) is 7.11 Å². The highest BCUT2D eigenvalue weighted by molar-refractivity contribution is 5.39. The van der Waals surface area contributed by atoms with Crippen molar-refractivity contribution in [2.24, 2.45) is 11.7 Å². The number of hydrogen-bond acceptors (Lipinski definition) is 2. The lowest BCUT2D eigenvalue weighted by molar-refractivity contribution is 0.343. The van der Waals surface area contributed by atoms with Gasteiger partial charge in [-0.3, -0.25) is 0 Å². The molecule has 0 radical (unpaired) electrons. The van der Waals surface area contributed by atoms with Crippen LogP contribution in [-0.2, 0) is 5.54 Å². The van der Waals surface area contributed by atoms with E-state index in [2.05, 4.69) is 6.92 Å². The molecule has 2 atom stereocenters. The summed E-state index contributed by atoms with van der Waals surface area (Å²) in [4.78, 5) is 0. The first-order chi connectivity index (χ1) is 8.55. The van der Waals surface area contributed by atoms with Gasteiger partial charge in [0.15, 0.2) is 0 Å². The Morgan fingerprint density at radius 3 is 2.83 bits per heavy atom. The van der Waals surface area contributed by atoms with E-state index in [1.807, 2.05) is 0 Å². The molecule has 18 heavy (non-hydrogen) atoms. The van der Waals surface area contributed by atoms with Crippen LogP contribution in [0.1, 0.15) is 44.6 Å². The Morgan fingerprint density at radius 1 is 1.33 bits per heavy atom. The smallest absolute Gasteiger partial charge is 0.124 e. The van der Waals surface area contributed by atoms with Crippen LogP contribution in [-0.4, -0.2) is 7.11 Å². The van der Waals surface area contributed by atoms with E-state index in [-0.39, 0.29) is 5.82 Å². The van der Waals surface area contributed by atoms with Crippen LogP contribution in [0.15, 0.2) is 18.2 Å². The minimum absolute atomic E-state index is 0.243. The number of rotatable bonds is 2. The van der Waals surface area contributed by atoms with Crippen molar-refractivity contribution in [3.05, 3.63) is 29.6 Å². The van der Waals surface area contributed by atoms with Crippen LogP contribution in [0.25, 0.3) is 0 Å². The molecule has 1 saturated carbocycles. The molecule has 2 nitrogen and oxygen atoms in total. The van der Waals surface area contributed by atoms with Crippen molar-refractivity contribution in [2.45, 2.75) is 44.6 Å². The number of ether oxygens (including phenoxy) is 1. The summed E-state index contributed by atoms with van der Waals surface area (Å²) in [5.74, 6) is 1.16. The molecular weight excluding hydrogens is 229 g/mol. The summed E-state index contributed by atoms with van der Waals surface area (Å²) in [6.45, 7) is 2.26. The average molecular weight is 251 g/mol. The quantitative estimate of drug-likeness (QED) is 0.815. The number of nitrogens with two attached hydrogens (primary N) is 1. The normalized spacial score (nSPS) is 28.8. The van der Waals surface area contributed by atoms with Gasteiger partial charge in [0.2, 0.25) is 0 Å². The first-order valence-corrected chi connectivity index (χ1v) is 6.68. The third-order valence-corrected chi connectivity index (χ3v) is 4.10. The topological polar surface area (TPSA) is 35.2 Å². The molecule has 0 heterocycles. The van der Waals surface area contributed by atoms with E-state index in [1.54, 1.807) is 13.2 Å². The lowest BCUT2D eigenvalue weighted by Gasteiger charge is -2.30.